The van der Waals surface area contributed by atoms with Gasteiger partial charge < -0.3 is 9.80 Å². The number of nitrogens with zero attached hydrogens (tertiary/aromatic N) is 3. The van der Waals surface area contributed by atoms with E-state index in [4.69, 9.17) is 0 Å². The standard InChI is InChI=1S/C14H31N3/c1-8-13(9-2)17(11-10-16(6)7)12-15-14(3,4)5/h12-13H,8-11H2,1-7H3/b15-12-. The minimum atomic E-state index is 0.0163. The summed E-state index contributed by atoms with van der Waals surface area (Å²) in [6.45, 7) is 13.1. The molecule has 0 unspecified atom stereocenters. The second kappa shape index (κ2) is 7.70. The molecule has 0 rings (SSSR count). The highest BCUT2D eigenvalue weighted by atomic mass is 15.2. The van der Waals surface area contributed by atoms with Crippen LogP contribution in [0, 0.1) is 0 Å². The molecule has 0 fully saturated rings. The van der Waals surface area contributed by atoms with Gasteiger partial charge in [0.1, 0.15) is 0 Å². The van der Waals surface area contributed by atoms with Crippen molar-refractivity contribution in [3.8, 4) is 0 Å². The van der Waals surface area contributed by atoms with Gasteiger partial charge in [-0.15, -0.1) is 0 Å². The number of aliphatic imine (C=N–C) groups is 1. The van der Waals surface area contributed by atoms with E-state index in [0.717, 1.165) is 13.1 Å². The van der Waals surface area contributed by atoms with Crippen LogP contribution < -0.4 is 0 Å². The minimum absolute atomic E-state index is 0.0163. The van der Waals surface area contributed by atoms with E-state index in [-0.39, 0.29) is 5.54 Å². The van der Waals surface area contributed by atoms with Crippen molar-refractivity contribution in [2.75, 3.05) is 27.2 Å². The van der Waals surface area contributed by atoms with Crippen molar-refractivity contribution in [1.29, 1.82) is 0 Å². The molecule has 0 atom stereocenters. The zero-order chi connectivity index (χ0) is 13.5. The highest BCUT2D eigenvalue weighted by Gasteiger charge is 2.13. The highest BCUT2D eigenvalue weighted by molar-refractivity contribution is 5.56. The topological polar surface area (TPSA) is 18.8 Å². The molecule has 0 radical (unpaired) electrons. The molecule has 17 heavy (non-hydrogen) atoms. The Kier molecular flexibility index (Phi) is 7.44. The van der Waals surface area contributed by atoms with Crippen molar-refractivity contribution < 1.29 is 0 Å². The summed E-state index contributed by atoms with van der Waals surface area (Å²) in [5.74, 6) is 0. The maximum atomic E-state index is 4.63. The summed E-state index contributed by atoms with van der Waals surface area (Å²) in [6, 6.07) is 0.612. The van der Waals surface area contributed by atoms with Crippen LogP contribution >= 0.6 is 0 Å². The van der Waals surface area contributed by atoms with Crippen LogP contribution in [-0.2, 0) is 0 Å². The molecule has 0 bridgehead atoms. The van der Waals surface area contributed by atoms with Crippen LogP contribution in [0.1, 0.15) is 47.5 Å². The molecule has 102 valence electrons. The predicted octanol–water partition coefficient (Wildman–Crippen LogP) is 2.87. The highest BCUT2D eigenvalue weighted by Crippen LogP contribution is 2.10. The van der Waals surface area contributed by atoms with Gasteiger partial charge in [0.25, 0.3) is 0 Å². The van der Waals surface area contributed by atoms with Gasteiger partial charge in [-0.3, -0.25) is 4.99 Å². The molecular weight excluding hydrogens is 210 g/mol. The third-order valence-electron chi connectivity index (χ3n) is 2.81. The Hall–Kier alpha value is -0.570. The molecule has 0 amide bonds. The molecule has 0 saturated heterocycles. The Morgan fingerprint density at radius 2 is 1.59 bits per heavy atom. The van der Waals surface area contributed by atoms with E-state index in [9.17, 15) is 0 Å². The van der Waals surface area contributed by atoms with E-state index in [2.05, 4.69) is 69.8 Å². The second-order valence-corrected chi connectivity index (χ2v) is 5.93. The Bertz CT molecular complexity index is 212. The first-order chi connectivity index (χ1) is 7.80. The molecule has 0 aromatic carbocycles. The van der Waals surface area contributed by atoms with Crippen molar-refractivity contribution in [3.63, 3.8) is 0 Å². The smallest absolute Gasteiger partial charge is 0.0859 e. The number of likely N-dealkylation sites (N-methyl/N-ethyl adjacent to an activating group) is 1. The van der Waals surface area contributed by atoms with Gasteiger partial charge >= 0.3 is 0 Å². The zero-order valence-corrected chi connectivity index (χ0v) is 12.8. The van der Waals surface area contributed by atoms with E-state index in [1.165, 1.54) is 12.8 Å². The summed E-state index contributed by atoms with van der Waals surface area (Å²) < 4.78 is 0. The number of hydrogen-bond donors (Lipinski definition) is 0. The predicted molar refractivity (Wildman–Crippen MR) is 77.9 cm³/mol. The van der Waals surface area contributed by atoms with E-state index < -0.39 is 0 Å². The molecule has 3 nitrogen and oxygen atoms in total. The Morgan fingerprint density at radius 3 is 1.94 bits per heavy atom. The number of rotatable bonds is 7. The first-order valence-electron chi connectivity index (χ1n) is 6.76. The van der Waals surface area contributed by atoms with E-state index in [0.29, 0.717) is 6.04 Å². The summed E-state index contributed by atoms with van der Waals surface area (Å²) in [5.41, 5.74) is 0.0163. The lowest BCUT2D eigenvalue weighted by atomic mass is 10.1. The fourth-order valence-corrected chi connectivity index (χ4v) is 1.66. The van der Waals surface area contributed by atoms with Gasteiger partial charge in [0.2, 0.25) is 0 Å². The fraction of sp³-hybridized carbons (Fsp3) is 0.929. The third-order valence-corrected chi connectivity index (χ3v) is 2.81. The average Bonchev–Trinajstić information content (AvgIpc) is 2.21. The quantitative estimate of drug-likeness (QED) is 0.504. The second-order valence-electron chi connectivity index (χ2n) is 5.93. The van der Waals surface area contributed by atoms with E-state index in [1.54, 1.807) is 0 Å². The van der Waals surface area contributed by atoms with Gasteiger partial charge in [0.15, 0.2) is 0 Å². The Morgan fingerprint density at radius 1 is 1.06 bits per heavy atom. The van der Waals surface area contributed by atoms with Crippen molar-refractivity contribution in [2.24, 2.45) is 4.99 Å². The van der Waals surface area contributed by atoms with Crippen molar-refractivity contribution in [2.45, 2.75) is 59.0 Å². The first-order valence-corrected chi connectivity index (χ1v) is 6.76. The molecule has 0 aliphatic carbocycles. The van der Waals surface area contributed by atoms with E-state index in [1.807, 2.05) is 0 Å². The molecule has 0 aromatic rings. The molecule has 0 spiro atoms. The molecule has 0 aromatic heterocycles. The van der Waals surface area contributed by atoms with Gasteiger partial charge in [0, 0.05) is 19.1 Å². The number of hydrogen-bond acceptors (Lipinski definition) is 2. The maximum Gasteiger partial charge on any atom is 0.0859 e. The lowest BCUT2D eigenvalue weighted by Crippen LogP contribution is -2.38. The van der Waals surface area contributed by atoms with Crippen molar-refractivity contribution in [1.82, 2.24) is 9.80 Å². The van der Waals surface area contributed by atoms with Crippen LogP contribution in [0.25, 0.3) is 0 Å². The SMILES string of the molecule is CCC(CC)N(/C=N\C(C)(C)C)CCN(C)C. The zero-order valence-electron chi connectivity index (χ0n) is 12.8. The summed E-state index contributed by atoms with van der Waals surface area (Å²) >= 11 is 0. The minimum Gasteiger partial charge on any atom is -0.359 e. The average molecular weight is 241 g/mol. The lowest BCUT2D eigenvalue weighted by molar-refractivity contribution is 0.265. The monoisotopic (exact) mass is 241 g/mol. The molecule has 0 heterocycles. The lowest BCUT2D eigenvalue weighted by Gasteiger charge is -2.30. The third kappa shape index (κ3) is 8.19. The van der Waals surface area contributed by atoms with Gasteiger partial charge in [-0.25, -0.2) is 0 Å². The molecule has 0 aliphatic heterocycles. The molecule has 0 N–H and O–H groups in total. The van der Waals surface area contributed by atoms with Crippen LogP contribution in [0.4, 0.5) is 0 Å². The Labute approximate surface area is 108 Å². The summed E-state index contributed by atoms with van der Waals surface area (Å²) in [4.78, 5) is 9.25. The van der Waals surface area contributed by atoms with Crippen LogP contribution in [-0.4, -0.2) is 54.9 Å². The first kappa shape index (κ1) is 16.4. The Balaban J connectivity index is 4.55. The van der Waals surface area contributed by atoms with Crippen molar-refractivity contribution in [3.05, 3.63) is 0 Å². The molecular formula is C14H31N3. The van der Waals surface area contributed by atoms with Gasteiger partial charge in [0.05, 0.1) is 11.9 Å². The molecule has 3 heteroatoms. The van der Waals surface area contributed by atoms with Gasteiger partial charge in [-0.2, -0.15) is 0 Å². The largest absolute Gasteiger partial charge is 0.359 e. The van der Waals surface area contributed by atoms with Crippen LogP contribution in [0.15, 0.2) is 4.99 Å². The van der Waals surface area contributed by atoms with Gasteiger partial charge in [-0.05, 0) is 47.7 Å². The van der Waals surface area contributed by atoms with E-state index >= 15 is 0 Å². The molecule has 0 aliphatic rings. The van der Waals surface area contributed by atoms with Crippen LogP contribution in [0.5, 0.6) is 0 Å². The maximum absolute atomic E-state index is 4.63. The van der Waals surface area contributed by atoms with Crippen molar-refractivity contribution >= 4 is 6.34 Å². The van der Waals surface area contributed by atoms with Gasteiger partial charge in [-0.1, -0.05) is 13.8 Å². The van der Waals surface area contributed by atoms with Crippen LogP contribution in [0.2, 0.25) is 0 Å². The molecule has 0 saturated carbocycles. The summed E-state index contributed by atoms with van der Waals surface area (Å²) in [7, 11) is 4.23. The van der Waals surface area contributed by atoms with Crippen LogP contribution in [0.3, 0.4) is 0 Å². The summed E-state index contributed by atoms with van der Waals surface area (Å²) in [5, 5.41) is 0. The normalized spacial score (nSPS) is 13.0. The fourth-order valence-electron chi connectivity index (χ4n) is 1.66. The summed E-state index contributed by atoms with van der Waals surface area (Å²) in [6.07, 6.45) is 4.42.